The third kappa shape index (κ3) is 3.62. The van der Waals surface area contributed by atoms with Crippen molar-refractivity contribution < 1.29 is 9.82 Å². The Labute approximate surface area is 131 Å². The molecule has 1 aromatic rings. The molecular weight excluding hydrogens is 275 g/mol. The van der Waals surface area contributed by atoms with E-state index in [1.807, 2.05) is 30.4 Å². The van der Waals surface area contributed by atoms with Crippen LogP contribution in [0.3, 0.4) is 0 Å². The highest BCUT2D eigenvalue weighted by atomic mass is 16.2. The van der Waals surface area contributed by atoms with E-state index in [2.05, 4.69) is 18.3 Å². The van der Waals surface area contributed by atoms with Gasteiger partial charge >= 0.3 is 7.05 Å². The van der Waals surface area contributed by atoms with Gasteiger partial charge in [0.25, 0.3) is 0 Å². The van der Waals surface area contributed by atoms with Crippen LogP contribution in [0.15, 0.2) is 60.3 Å². The zero-order valence-corrected chi connectivity index (χ0v) is 12.7. The van der Waals surface area contributed by atoms with E-state index in [9.17, 15) is 9.82 Å². The molecule has 0 atom stereocenters. The molecule has 0 fully saturated rings. The summed E-state index contributed by atoms with van der Waals surface area (Å²) in [5, 5.41) is 14.2. The van der Waals surface area contributed by atoms with Crippen LogP contribution in [0.25, 0.3) is 0 Å². The van der Waals surface area contributed by atoms with Crippen LogP contribution in [-0.2, 0) is 11.2 Å². The number of carbonyl (C=O) groups is 1. The molecule has 1 aliphatic heterocycles. The number of fused-ring (bicyclic) bond motifs is 1. The summed E-state index contributed by atoms with van der Waals surface area (Å²) in [6.45, 7) is 9.00. The smallest absolute Gasteiger partial charge is 0.427 e. The van der Waals surface area contributed by atoms with Crippen LogP contribution >= 0.6 is 0 Å². The van der Waals surface area contributed by atoms with Crippen LogP contribution in [0, 0.1) is 0 Å². The van der Waals surface area contributed by atoms with Crippen LogP contribution in [0.5, 0.6) is 0 Å². The predicted molar refractivity (Wildman–Crippen MR) is 91.0 cm³/mol. The fourth-order valence-corrected chi connectivity index (χ4v) is 2.29. The molecule has 1 heterocycles. The molecule has 4 nitrogen and oxygen atoms in total. The van der Waals surface area contributed by atoms with Gasteiger partial charge in [0.1, 0.15) is 0 Å². The number of hydrazone groups is 1. The normalized spacial score (nSPS) is 13.4. The molecule has 0 spiro atoms. The maximum Gasteiger partial charge on any atom is 0.474 e. The molecule has 0 bridgehead atoms. The van der Waals surface area contributed by atoms with E-state index in [-0.39, 0.29) is 5.91 Å². The Balaban J connectivity index is 2.10. The van der Waals surface area contributed by atoms with E-state index in [0.29, 0.717) is 5.46 Å². The molecule has 2 rings (SSSR count). The number of benzene rings is 1. The number of aryl methyl sites for hydroxylation is 1. The third-order valence-corrected chi connectivity index (χ3v) is 3.51. The van der Waals surface area contributed by atoms with Gasteiger partial charge in [0, 0.05) is 6.92 Å². The maximum absolute atomic E-state index is 11.4. The molecule has 1 N–H and O–H groups in total. The van der Waals surface area contributed by atoms with E-state index in [1.165, 1.54) is 6.92 Å². The molecule has 0 saturated carbocycles. The van der Waals surface area contributed by atoms with Gasteiger partial charge in [-0.25, -0.2) is 4.92 Å². The fraction of sp³-hybridized carbons (Fsp3) is 0.176. The summed E-state index contributed by atoms with van der Waals surface area (Å²) >= 11 is 0. The molecule has 5 heteroatoms. The van der Waals surface area contributed by atoms with Gasteiger partial charge in [0.05, 0.1) is 6.21 Å². The van der Waals surface area contributed by atoms with Crippen molar-refractivity contribution in [3.63, 3.8) is 0 Å². The summed E-state index contributed by atoms with van der Waals surface area (Å²) in [5.41, 5.74) is 3.71. The van der Waals surface area contributed by atoms with Crippen LogP contribution in [0.4, 0.5) is 0 Å². The Hall–Kier alpha value is -2.40. The summed E-state index contributed by atoms with van der Waals surface area (Å²) in [6.07, 6.45) is 8.86. The zero-order valence-electron chi connectivity index (χ0n) is 12.7. The van der Waals surface area contributed by atoms with Crippen molar-refractivity contribution in [2.24, 2.45) is 5.10 Å². The second kappa shape index (κ2) is 7.05. The van der Waals surface area contributed by atoms with Gasteiger partial charge in [-0.2, -0.15) is 5.10 Å². The van der Waals surface area contributed by atoms with E-state index < -0.39 is 7.05 Å². The van der Waals surface area contributed by atoms with Crippen molar-refractivity contribution in [2.45, 2.75) is 19.8 Å². The molecule has 1 amide bonds. The first-order valence-electron chi connectivity index (χ1n) is 7.14. The number of hydrogen-bond donors (Lipinski definition) is 1. The lowest BCUT2D eigenvalue weighted by molar-refractivity contribution is -0.125. The van der Waals surface area contributed by atoms with Crippen molar-refractivity contribution in [2.75, 3.05) is 0 Å². The number of hydrogen-bond acceptors (Lipinski definition) is 3. The van der Waals surface area contributed by atoms with Crippen LogP contribution in [0.2, 0.25) is 0 Å². The van der Waals surface area contributed by atoms with Crippen LogP contribution in [0.1, 0.15) is 24.5 Å². The molecule has 0 aromatic heterocycles. The van der Waals surface area contributed by atoms with Gasteiger partial charge in [-0.05, 0) is 29.4 Å². The molecule has 0 saturated heterocycles. The van der Waals surface area contributed by atoms with E-state index in [1.54, 1.807) is 12.3 Å². The number of allylic oxidation sites excluding steroid dienone is 4. The lowest BCUT2D eigenvalue weighted by atomic mass is 9.69. The highest BCUT2D eigenvalue weighted by molar-refractivity contribution is 6.67. The second-order valence-electron chi connectivity index (χ2n) is 5.20. The lowest BCUT2D eigenvalue weighted by Gasteiger charge is -2.24. The molecule has 0 unspecified atom stereocenters. The van der Waals surface area contributed by atoms with Gasteiger partial charge in [-0.1, -0.05) is 55.2 Å². The van der Waals surface area contributed by atoms with Crippen molar-refractivity contribution in [3.05, 3.63) is 66.3 Å². The number of amides is 1. The average molecular weight is 294 g/mol. The van der Waals surface area contributed by atoms with Crippen molar-refractivity contribution in [3.8, 4) is 0 Å². The number of nitrogens with zero attached hydrogens (tertiary/aromatic N) is 2. The largest absolute Gasteiger partial charge is 0.474 e. The molecule has 112 valence electrons. The van der Waals surface area contributed by atoms with Crippen molar-refractivity contribution >= 4 is 24.6 Å². The van der Waals surface area contributed by atoms with Gasteiger partial charge < -0.3 is 5.02 Å². The standard InChI is InChI=1S/C17H19BN2O2/c1-4-5-6-13(2)7-8-15-9-10-17-16(11-15)12-19-20(14(3)21)18(17)22/h4-6,9-12,22H,1-2,7-8H2,3H3/b6-5-. The molecule has 0 radical (unpaired) electrons. The predicted octanol–water partition coefficient (Wildman–Crippen LogP) is 1.80. The minimum absolute atomic E-state index is 0.288. The zero-order chi connectivity index (χ0) is 16.1. The fourth-order valence-electron chi connectivity index (χ4n) is 2.29. The van der Waals surface area contributed by atoms with E-state index >= 15 is 0 Å². The minimum atomic E-state index is -1.02. The Kier molecular flexibility index (Phi) is 5.12. The highest BCUT2D eigenvalue weighted by Crippen LogP contribution is 2.13. The summed E-state index contributed by atoms with van der Waals surface area (Å²) < 4.78 is 0. The monoisotopic (exact) mass is 294 g/mol. The Bertz CT molecular complexity index is 665. The Morgan fingerprint density at radius 2 is 2.27 bits per heavy atom. The van der Waals surface area contributed by atoms with E-state index in [4.69, 9.17) is 0 Å². The Morgan fingerprint density at radius 1 is 1.50 bits per heavy atom. The SMILES string of the molecule is C=C/C=C\C(=C)CCc1ccc2c(c1)C=NN(C(C)=O)B2O. The van der Waals surface area contributed by atoms with Gasteiger partial charge in [-0.15, -0.1) is 0 Å². The first-order chi connectivity index (χ1) is 10.5. The third-order valence-electron chi connectivity index (χ3n) is 3.51. The summed E-state index contributed by atoms with van der Waals surface area (Å²) in [5.74, 6) is -0.288. The number of carbonyl (C=O) groups excluding carboxylic acids is 1. The van der Waals surface area contributed by atoms with E-state index in [0.717, 1.165) is 34.5 Å². The molecule has 0 aliphatic carbocycles. The Morgan fingerprint density at radius 3 is 2.95 bits per heavy atom. The molecular formula is C17H19BN2O2. The molecule has 22 heavy (non-hydrogen) atoms. The average Bonchev–Trinajstić information content (AvgIpc) is 2.50. The first-order valence-corrected chi connectivity index (χ1v) is 7.14. The van der Waals surface area contributed by atoms with Gasteiger partial charge in [0.15, 0.2) is 0 Å². The lowest BCUT2D eigenvalue weighted by Crippen LogP contribution is -2.51. The number of rotatable bonds is 5. The van der Waals surface area contributed by atoms with Crippen LogP contribution in [-0.4, -0.2) is 29.1 Å². The van der Waals surface area contributed by atoms with Crippen LogP contribution < -0.4 is 5.46 Å². The summed E-state index contributed by atoms with van der Waals surface area (Å²) in [7, 11) is -1.02. The molecule has 1 aromatic carbocycles. The van der Waals surface area contributed by atoms with Crippen molar-refractivity contribution in [1.29, 1.82) is 0 Å². The van der Waals surface area contributed by atoms with Gasteiger partial charge in [-0.3, -0.25) is 4.79 Å². The maximum atomic E-state index is 11.4. The topological polar surface area (TPSA) is 52.9 Å². The summed E-state index contributed by atoms with van der Waals surface area (Å²) in [6, 6.07) is 5.80. The first kappa shape index (κ1) is 16.0. The van der Waals surface area contributed by atoms with Gasteiger partial charge in [0.2, 0.25) is 5.91 Å². The molecule has 1 aliphatic rings. The summed E-state index contributed by atoms with van der Waals surface area (Å²) in [4.78, 5) is 12.5. The van der Waals surface area contributed by atoms with Crippen molar-refractivity contribution in [1.82, 2.24) is 4.92 Å². The minimum Gasteiger partial charge on any atom is -0.427 e. The second-order valence-corrected chi connectivity index (χ2v) is 5.20. The quantitative estimate of drug-likeness (QED) is 0.665. The highest BCUT2D eigenvalue weighted by Gasteiger charge is 2.31.